The minimum atomic E-state index is -0.199. The van der Waals surface area contributed by atoms with Crippen molar-refractivity contribution in [2.24, 2.45) is 0 Å². The summed E-state index contributed by atoms with van der Waals surface area (Å²) in [5, 5.41) is 0. The van der Waals surface area contributed by atoms with Crippen LogP contribution in [0.25, 0.3) is 0 Å². The Labute approximate surface area is 98.6 Å². The van der Waals surface area contributed by atoms with E-state index in [1.54, 1.807) is 0 Å². The molecule has 84 valence electrons. The molecule has 0 unspecified atom stereocenters. The predicted octanol–water partition coefficient (Wildman–Crippen LogP) is 2.60. The molecule has 1 heterocycles. The van der Waals surface area contributed by atoms with Crippen LogP contribution in [0.5, 0.6) is 0 Å². The molecule has 15 heavy (non-hydrogen) atoms. The van der Waals surface area contributed by atoms with E-state index in [-0.39, 0.29) is 11.8 Å². The highest BCUT2D eigenvalue weighted by Gasteiger charge is 2.28. The minimum absolute atomic E-state index is 0.192. The summed E-state index contributed by atoms with van der Waals surface area (Å²) in [7, 11) is 0. The van der Waals surface area contributed by atoms with Crippen LogP contribution in [0.15, 0.2) is 10.6 Å². The number of amides is 2. The maximum atomic E-state index is 11.4. The summed E-state index contributed by atoms with van der Waals surface area (Å²) in [6, 6.07) is 0. The van der Waals surface area contributed by atoms with Gasteiger partial charge in [0.1, 0.15) is 0 Å². The molecule has 0 fully saturated rings. The number of imide groups is 1. The van der Waals surface area contributed by atoms with Crippen molar-refractivity contribution >= 4 is 27.7 Å². The van der Waals surface area contributed by atoms with Gasteiger partial charge in [-0.25, -0.2) is 0 Å². The highest BCUT2D eigenvalue weighted by atomic mass is 79.9. The van der Waals surface area contributed by atoms with Gasteiger partial charge in [-0.15, -0.1) is 0 Å². The molecule has 0 spiro atoms. The molecule has 1 aliphatic heterocycles. The summed E-state index contributed by atoms with van der Waals surface area (Å²) in [6.45, 7) is 2.71. The predicted molar refractivity (Wildman–Crippen MR) is 62.5 cm³/mol. The van der Waals surface area contributed by atoms with E-state index in [0.717, 1.165) is 12.8 Å². The van der Waals surface area contributed by atoms with Gasteiger partial charge in [-0.1, -0.05) is 32.6 Å². The van der Waals surface area contributed by atoms with Gasteiger partial charge in [-0.3, -0.25) is 14.5 Å². The summed E-state index contributed by atoms with van der Waals surface area (Å²) in [6.07, 6.45) is 6.95. The average Bonchev–Trinajstić information content (AvgIpc) is 2.44. The Kier molecular flexibility index (Phi) is 5.02. The van der Waals surface area contributed by atoms with Crippen molar-refractivity contribution in [2.75, 3.05) is 6.54 Å². The summed E-state index contributed by atoms with van der Waals surface area (Å²) < 4.78 is 0.376. The smallest absolute Gasteiger partial charge is 0.267 e. The van der Waals surface area contributed by atoms with E-state index in [1.807, 2.05) is 0 Å². The largest absolute Gasteiger partial charge is 0.274 e. The van der Waals surface area contributed by atoms with Crippen molar-refractivity contribution < 1.29 is 9.59 Å². The Bertz CT molecular complexity index is 286. The molecule has 0 aliphatic carbocycles. The second-order valence-electron chi connectivity index (χ2n) is 3.70. The van der Waals surface area contributed by atoms with Crippen LogP contribution in [-0.2, 0) is 9.59 Å². The van der Waals surface area contributed by atoms with Crippen molar-refractivity contribution in [3.63, 3.8) is 0 Å². The SMILES string of the molecule is CCCCCCCN1C(=O)C=C(Br)C1=O. The van der Waals surface area contributed by atoms with Crippen LogP contribution in [0, 0.1) is 0 Å². The molecule has 1 rings (SSSR count). The molecular weight excluding hydrogens is 258 g/mol. The molecule has 0 radical (unpaired) electrons. The molecule has 3 nitrogen and oxygen atoms in total. The van der Waals surface area contributed by atoms with Crippen LogP contribution >= 0.6 is 15.9 Å². The van der Waals surface area contributed by atoms with Crippen molar-refractivity contribution in [3.8, 4) is 0 Å². The molecule has 4 heteroatoms. The van der Waals surface area contributed by atoms with Gasteiger partial charge in [-0.2, -0.15) is 0 Å². The lowest BCUT2D eigenvalue weighted by Crippen LogP contribution is -2.31. The number of hydrogen-bond acceptors (Lipinski definition) is 2. The summed E-state index contributed by atoms with van der Waals surface area (Å²) in [5.41, 5.74) is 0. The van der Waals surface area contributed by atoms with Crippen LogP contribution in [-0.4, -0.2) is 23.3 Å². The summed E-state index contributed by atoms with van der Waals surface area (Å²) >= 11 is 3.07. The summed E-state index contributed by atoms with van der Waals surface area (Å²) in [4.78, 5) is 24.0. The molecule has 0 aromatic rings. The first-order valence-corrected chi connectivity index (χ1v) is 6.19. The van der Waals surface area contributed by atoms with Crippen LogP contribution in [0.1, 0.15) is 39.0 Å². The van der Waals surface area contributed by atoms with Gasteiger partial charge in [0.05, 0.1) is 4.48 Å². The van der Waals surface area contributed by atoms with Gasteiger partial charge in [-0.05, 0) is 22.4 Å². The van der Waals surface area contributed by atoms with Crippen LogP contribution in [0.3, 0.4) is 0 Å². The lowest BCUT2D eigenvalue weighted by molar-refractivity contribution is -0.136. The van der Waals surface area contributed by atoms with Gasteiger partial charge in [0.25, 0.3) is 11.8 Å². The maximum Gasteiger partial charge on any atom is 0.267 e. The third-order valence-corrected chi connectivity index (χ3v) is 3.02. The number of hydrogen-bond donors (Lipinski definition) is 0. The van der Waals surface area contributed by atoms with Crippen LogP contribution in [0.2, 0.25) is 0 Å². The lowest BCUT2D eigenvalue weighted by Gasteiger charge is -2.13. The van der Waals surface area contributed by atoms with Crippen molar-refractivity contribution in [2.45, 2.75) is 39.0 Å². The number of nitrogens with zero attached hydrogens (tertiary/aromatic N) is 1. The molecule has 0 aromatic carbocycles. The average molecular weight is 274 g/mol. The topological polar surface area (TPSA) is 37.4 Å². The van der Waals surface area contributed by atoms with Gasteiger partial charge >= 0.3 is 0 Å². The molecular formula is C11H16BrNO2. The van der Waals surface area contributed by atoms with E-state index < -0.39 is 0 Å². The molecule has 1 aliphatic rings. The zero-order valence-corrected chi connectivity index (χ0v) is 10.5. The minimum Gasteiger partial charge on any atom is -0.274 e. The van der Waals surface area contributed by atoms with E-state index in [0.29, 0.717) is 11.0 Å². The third kappa shape index (κ3) is 3.45. The van der Waals surface area contributed by atoms with Gasteiger partial charge in [0.15, 0.2) is 0 Å². The third-order valence-electron chi connectivity index (χ3n) is 2.45. The normalized spacial score (nSPS) is 16.1. The highest BCUT2D eigenvalue weighted by molar-refractivity contribution is 9.12. The van der Waals surface area contributed by atoms with Gasteiger partial charge < -0.3 is 0 Å². The number of unbranched alkanes of at least 4 members (excludes halogenated alkanes) is 4. The monoisotopic (exact) mass is 273 g/mol. The lowest BCUT2D eigenvalue weighted by atomic mass is 10.1. The first kappa shape index (κ1) is 12.4. The Morgan fingerprint density at radius 2 is 1.87 bits per heavy atom. The number of carbonyl (C=O) groups is 2. The zero-order chi connectivity index (χ0) is 11.3. The number of halogens is 1. The van der Waals surface area contributed by atoms with E-state index in [9.17, 15) is 9.59 Å². The molecule has 0 saturated carbocycles. The zero-order valence-electron chi connectivity index (χ0n) is 8.96. The van der Waals surface area contributed by atoms with Crippen LogP contribution < -0.4 is 0 Å². The molecule has 2 amide bonds. The molecule has 0 aromatic heterocycles. The van der Waals surface area contributed by atoms with Crippen LogP contribution in [0.4, 0.5) is 0 Å². The molecule has 0 N–H and O–H groups in total. The second kappa shape index (κ2) is 6.05. The molecule has 0 atom stereocenters. The quantitative estimate of drug-likeness (QED) is 0.551. The first-order chi connectivity index (χ1) is 7.16. The van der Waals surface area contributed by atoms with E-state index in [1.165, 1.54) is 30.2 Å². The van der Waals surface area contributed by atoms with E-state index in [2.05, 4.69) is 22.9 Å². The van der Waals surface area contributed by atoms with E-state index >= 15 is 0 Å². The Morgan fingerprint density at radius 1 is 1.20 bits per heavy atom. The molecule has 0 saturated heterocycles. The Balaban J connectivity index is 2.23. The van der Waals surface area contributed by atoms with Gasteiger partial charge in [0.2, 0.25) is 0 Å². The number of rotatable bonds is 6. The maximum absolute atomic E-state index is 11.4. The number of carbonyl (C=O) groups excluding carboxylic acids is 2. The fraction of sp³-hybridized carbons (Fsp3) is 0.636. The van der Waals surface area contributed by atoms with Gasteiger partial charge in [0, 0.05) is 12.6 Å². The van der Waals surface area contributed by atoms with Crippen molar-refractivity contribution in [3.05, 3.63) is 10.6 Å². The fourth-order valence-electron chi connectivity index (χ4n) is 1.56. The van der Waals surface area contributed by atoms with Crippen molar-refractivity contribution in [1.29, 1.82) is 0 Å². The Morgan fingerprint density at radius 3 is 2.40 bits per heavy atom. The highest BCUT2D eigenvalue weighted by Crippen LogP contribution is 2.18. The Hall–Kier alpha value is -0.640. The summed E-state index contributed by atoms with van der Waals surface area (Å²) in [5.74, 6) is -0.391. The first-order valence-electron chi connectivity index (χ1n) is 5.40. The second-order valence-corrected chi connectivity index (χ2v) is 4.56. The van der Waals surface area contributed by atoms with E-state index in [4.69, 9.17) is 0 Å². The molecule has 0 bridgehead atoms. The van der Waals surface area contributed by atoms with Crippen molar-refractivity contribution in [1.82, 2.24) is 4.90 Å². The standard InChI is InChI=1S/C11H16BrNO2/c1-2-3-4-5-6-7-13-10(14)8-9(12)11(13)15/h8H,2-7H2,1H3. The fourth-order valence-corrected chi connectivity index (χ4v) is 1.97.